The van der Waals surface area contributed by atoms with E-state index in [1.807, 2.05) is 0 Å². The normalized spacial score (nSPS) is 15.4. The van der Waals surface area contributed by atoms with Gasteiger partial charge in [-0.2, -0.15) is 13.2 Å². The molecule has 9 heteroatoms. The SMILES string of the molecule is Nc1ccc(CSc2nnnn2C2CC2)c(C(F)(F)F)c1. The molecule has 2 aromatic rings. The highest BCUT2D eigenvalue weighted by Gasteiger charge is 2.34. The minimum Gasteiger partial charge on any atom is -0.399 e. The Labute approximate surface area is 122 Å². The minimum atomic E-state index is -4.42. The summed E-state index contributed by atoms with van der Waals surface area (Å²) < 4.78 is 40.7. The topological polar surface area (TPSA) is 69.6 Å². The van der Waals surface area contributed by atoms with Crippen LogP contribution in [0.4, 0.5) is 18.9 Å². The van der Waals surface area contributed by atoms with Gasteiger partial charge in [-0.1, -0.05) is 17.8 Å². The van der Waals surface area contributed by atoms with E-state index in [2.05, 4.69) is 15.5 Å². The van der Waals surface area contributed by atoms with Gasteiger partial charge in [-0.05, 0) is 41.0 Å². The molecule has 21 heavy (non-hydrogen) atoms. The van der Waals surface area contributed by atoms with E-state index < -0.39 is 11.7 Å². The van der Waals surface area contributed by atoms with E-state index in [0.717, 1.165) is 18.9 Å². The number of hydrogen-bond acceptors (Lipinski definition) is 5. The third-order valence-electron chi connectivity index (χ3n) is 3.15. The summed E-state index contributed by atoms with van der Waals surface area (Å²) in [5, 5.41) is 11.9. The molecular formula is C12H12F3N5S. The number of rotatable bonds is 4. The highest BCUT2D eigenvalue weighted by Crippen LogP contribution is 2.38. The van der Waals surface area contributed by atoms with Gasteiger partial charge in [0.05, 0.1) is 11.6 Å². The Kier molecular flexibility index (Phi) is 3.52. The average Bonchev–Trinajstić information content (AvgIpc) is 3.15. The first-order valence-electron chi connectivity index (χ1n) is 6.31. The van der Waals surface area contributed by atoms with E-state index in [4.69, 9.17) is 5.73 Å². The summed E-state index contributed by atoms with van der Waals surface area (Å²) in [6.07, 6.45) is -2.41. The van der Waals surface area contributed by atoms with Crippen molar-refractivity contribution in [1.82, 2.24) is 20.2 Å². The quantitative estimate of drug-likeness (QED) is 0.694. The molecule has 2 N–H and O–H groups in total. The van der Waals surface area contributed by atoms with E-state index in [-0.39, 0.29) is 23.0 Å². The summed E-state index contributed by atoms with van der Waals surface area (Å²) in [5.41, 5.74) is 5.01. The van der Waals surface area contributed by atoms with E-state index in [0.29, 0.717) is 5.16 Å². The van der Waals surface area contributed by atoms with Crippen molar-refractivity contribution in [2.24, 2.45) is 0 Å². The molecule has 1 heterocycles. The van der Waals surface area contributed by atoms with Crippen LogP contribution >= 0.6 is 11.8 Å². The number of nitrogens with two attached hydrogens (primary N) is 1. The third kappa shape index (κ3) is 3.12. The molecule has 0 saturated heterocycles. The molecule has 0 atom stereocenters. The van der Waals surface area contributed by atoms with Gasteiger partial charge in [0.15, 0.2) is 0 Å². The number of nitrogen functional groups attached to an aromatic ring is 1. The molecule has 1 aliphatic carbocycles. The van der Waals surface area contributed by atoms with Crippen LogP contribution < -0.4 is 5.73 Å². The Bertz CT molecular complexity index is 651. The van der Waals surface area contributed by atoms with Gasteiger partial charge in [0, 0.05) is 11.4 Å². The fraction of sp³-hybridized carbons (Fsp3) is 0.417. The molecule has 0 radical (unpaired) electrons. The summed E-state index contributed by atoms with van der Waals surface area (Å²) in [5.74, 6) is 0.141. The second-order valence-corrected chi connectivity index (χ2v) is 5.78. The van der Waals surface area contributed by atoms with Crippen LogP contribution in [0.5, 0.6) is 0 Å². The Balaban J connectivity index is 1.80. The van der Waals surface area contributed by atoms with Gasteiger partial charge in [0.25, 0.3) is 0 Å². The van der Waals surface area contributed by atoms with Crippen molar-refractivity contribution in [1.29, 1.82) is 0 Å². The van der Waals surface area contributed by atoms with Gasteiger partial charge >= 0.3 is 6.18 Å². The van der Waals surface area contributed by atoms with Crippen LogP contribution in [0, 0.1) is 0 Å². The Morgan fingerprint density at radius 3 is 2.76 bits per heavy atom. The van der Waals surface area contributed by atoms with Crippen LogP contribution in [0.2, 0.25) is 0 Å². The van der Waals surface area contributed by atoms with Crippen LogP contribution in [0.15, 0.2) is 23.4 Å². The molecule has 1 aromatic heterocycles. The smallest absolute Gasteiger partial charge is 0.399 e. The van der Waals surface area contributed by atoms with Gasteiger partial charge in [-0.3, -0.25) is 0 Å². The zero-order valence-corrected chi connectivity index (χ0v) is 11.7. The number of anilines is 1. The van der Waals surface area contributed by atoms with Crippen LogP contribution in [0.25, 0.3) is 0 Å². The maximum Gasteiger partial charge on any atom is 0.416 e. The molecule has 0 unspecified atom stereocenters. The van der Waals surface area contributed by atoms with E-state index in [9.17, 15) is 13.2 Å². The van der Waals surface area contributed by atoms with Crippen molar-refractivity contribution in [3.8, 4) is 0 Å². The highest BCUT2D eigenvalue weighted by atomic mass is 32.2. The van der Waals surface area contributed by atoms with Gasteiger partial charge in [0.1, 0.15) is 0 Å². The van der Waals surface area contributed by atoms with E-state index in [1.54, 1.807) is 4.68 Å². The van der Waals surface area contributed by atoms with Crippen LogP contribution in [0.3, 0.4) is 0 Å². The lowest BCUT2D eigenvalue weighted by atomic mass is 10.1. The number of hydrogen-bond donors (Lipinski definition) is 1. The van der Waals surface area contributed by atoms with E-state index in [1.165, 1.54) is 23.9 Å². The summed E-state index contributed by atoms with van der Waals surface area (Å²) in [6.45, 7) is 0. The standard InChI is InChI=1S/C12H12F3N5S/c13-12(14,15)10-5-8(16)2-1-7(10)6-21-11-17-18-19-20(11)9-3-4-9/h1-2,5,9H,3-4,6,16H2. The number of halogens is 3. The number of aromatic nitrogens is 4. The first-order valence-corrected chi connectivity index (χ1v) is 7.30. The zero-order chi connectivity index (χ0) is 15.0. The molecular weight excluding hydrogens is 303 g/mol. The summed E-state index contributed by atoms with van der Waals surface area (Å²) in [4.78, 5) is 0. The summed E-state index contributed by atoms with van der Waals surface area (Å²) in [6, 6.07) is 4.11. The van der Waals surface area contributed by atoms with Crippen molar-refractivity contribution >= 4 is 17.4 Å². The molecule has 0 spiro atoms. The molecule has 0 amide bonds. The number of benzene rings is 1. The number of nitrogens with zero attached hydrogens (tertiary/aromatic N) is 4. The average molecular weight is 315 g/mol. The van der Waals surface area contributed by atoms with Crippen LogP contribution in [-0.4, -0.2) is 20.2 Å². The van der Waals surface area contributed by atoms with Gasteiger partial charge in [-0.25, -0.2) is 4.68 Å². The van der Waals surface area contributed by atoms with Crippen molar-refractivity contribution < 1.29 is 13.2 Å². The Morgan fingerprint density at radius 2 is 2.10 bits per heavy atom. The zero-order valence-electron chi connectivity index (χ0n) is 10.8. The lowest BCUT2D eigenvalue weighted by Crippen LogP contribution is -2.09. The fourth-order valence-corrected chi connectivity index (χ4v) is 2.90. The van der Waals surface area contributed by atoms with Crippen LogP contribution in [0.1, 0.15) is 30.0 Å². The summed E-state index contributed by atoms with van der Waals surface area (Å²) in [7, 11) is 0. The molecule has 1 aromatic carbocycles. The molecule has 112 valence electrons. The number of tetrazole rings is 1. The predicted octanol–water partition coefficient (Wildman–Crippen LogP) is 2.90. The lowest BCUT2D eigenvalue weighted by molar-refractivity contribution is -0.138. The third-order valence-corrected chi connectivity index (χ3v) is 4.13. The molecule has 5 nitrogen and oxygen atoms in total. The molecule has 0 bridgehead atoms. The molecule has 1 aliphatic rings. The highest BCUT2D eigenvalue weighted by molar-refractivity contribution is 7.98. The molecule has 1 fully saturated rings. The second kappa shape index (κ2) is 5.21. The van der Waals surface area contributed by atoms with Crippen molar-refractivity contribution in [2.75, 3.05) is 5.73 Å². The fourth-order valence-electron chi connectivity index (χ4n) is 1.95. The van der Waals surface area contributed by atoms with Gasteiger partial charge < -0.3 is 5.73 Å². The first kappa shape index (κ1) is 14.2. The second-order valence-electron chi connectivity index (χ2n) is 4.84. The van der Waals surface area contributed by atoms with Gasteiger partial charge in [0.2, 0.25) is 5.16 Å². The molecule has 3 rings (SSSR count). The number of alkyl halides is 3. The van der Waals surface area contributed by atoms with Gasteiger partial charge in [-0.15, -0.1) is 5.10 Å². The predicted molar refractivity (Wildman–Crippen MR) is 71.5 cm³/mol. The molecule has 0 aliphatic heterocycles. The Morgan fingerprint density at radius 1 is 1.33 bits per heavy atom. The largest absolute Gasteiger partial charge is 0.416 e. The number of thioether (sulfide) groups is 1. The van der Waals surface area contributed by atoms with Crippen molar-refractivity contribution in [3.63, 3.8) is 0 Å². The van der Waals surface area contributed by atoms with Crippen molar-refractivity contribution in [3.05, 3.63) is 29.3 Å². The maximum absolute atomic E-state index is 13.0. The van der Waals surface area contributed by atoms with Crippen LogP contribution in [-0.2, 0) is 11.9 Å². The Hall–Kier alpha value is -1.77. The maximum atomic E-state index is 13.0. The summed E-state index contributed by atoms with van der Waals surface area (Å²) >= 11 is 1.20. The molecule has 1 saturated carbocycles. The van der Waals surface area contributed by atoms with E-state index >= 15 is 0 Å². The van der Waals surface area contributed by atoms with Crippen molar-refractivity contribution in [2.45, 2.75) is 36.0 Å². The first-order chi connectivity index (χ1) is 9.95. The minimum absolute atomic E-state index is 0.0962. The monoisotopic (exact) mass is 315 g/mol. The lowest BCUT2D eigenvalue weighted by Gasteiger charge is -2.13.